The average molecular weight is 363 g/mol. The normalized spacial score (nSPS) is 29.7. The Morgan fingerprint density at radius 1 is 1.15 bits per heavy atom. The molecule has 0 spiro atoms. The van der Waals surface area contributed by atoms with Crippen molar-refractivity contribution in [3.63, 3.8) is 0 Å². The third-order valence-electron chi connectivity index (χ3n) is 7.52. The van der Waals surface area contributed by atoms with Crippen LogP contribution in [0, 0.1) is 5.92 Å². The summed E-state index contributed by atoms with van der Waals surface area (Å²) in [5.41, 5.74) is 5.95. The van der Waals surface area contributed by atoms with E-state index in [1.165, 1.54) is 50.8 Å². The van der Waals surface area contributed by atoms with Gasteiger partial charge in [-0.25, -0.2) is 0 Å². The molecule has 1 aliphatic heterocycles. The number of hydrogen-bond acceptors (Lipinski definition) is 3. The quantitative estimate of drug-likeness (QED) is 0.831. The fourth-order valence-electron chi connectivity index (χ4n) is 6.18. The maximum atomic E-state index is 9.68. The number of nitrogens with zero attached hydrogens (tertiary/aromatic N) is 1. The van der Waals surface area contributed by atoms with E-state index in [4.69, 9.17) is 0 Å². The highest BCUT2D eigenvalue weighted by molar-refractivity contribution is 5.54. The predicted octanol–water partition coefficient (Wildman–Crippen LogP) is 4.69. The smallest absolute Gasteiger partial charge is 0.115 e. The summed E-state index contributed by atoms with van der Waals surface area (Å²) in [6.45, 7) is 1.98. The highest BCUT2D eigenvalue weighted by Gasteiger charge is 2.52. The molecular formula is C24H30N2O. The number of likely N-dealkylation sites (N-methyl/N-ethyl adjacent to an activating group) is 1. The molecule has 3 atom stereocenters. The number of anilines is 1. The number of nitrogens with one attached hydrogen (secondary N) is 1. The molecule has 2 aliphatic carbocycles. The van der Waals surface area contributed by atoms with E-state index in [2.05, 4.69) is 41.5 Å². The number of piperidine rings is 1. The molecule has 0 amide bonds. The molecule has 2 aromatic carbocycles. The minimum atomic E-state index is 0.334. The fraction of sp³-hybridized carbons (Fsp3) is 0.500. The summed E-state index contributed by atoms with van der Waals surface area (Å²) in [5, 5.41) is 13.3. The molecule has 3 nitrogen and oxygen atoms in total. The Hall–Kier alpha value is -2.00. The number of fused-ring (bicyclic) bond motifs is 1. The van der Waals surface area contributed by atoms with Gasteiger partial charge in [-0.1, -0.05) is 31.0 Å². The first kappa shape index (κ1) is 17.1. The Morgan fingerprint density at radius 3 is 2.96 bits per heavy atom. The van der Waals surface area contributed by atoms with Crippen molar-refractivity contribution in [2.45, 2.75) is 56.5 Å². The maximum absolute atomic E-state index is 9.68. The molecule has 2 fully saturated rings. The second-order valence-electron chi connectivity index (χ2n) is 8.91. The first-order valence-electron chi connectivity index (χ1n) is 10.5. The van der Waals surface area contributed by atoms with Gasteiger partial charge in [0.15, 0.2) is 0 Å². The van der Waals surface area contributed by atoms with E-state index in [0.29, 0.717) is 11.2 Å². The monoisotopic (exact) mass is 362 g/mol. The van der Waals surface area contributed by atoms with Crippen molar-refractivity contribution < 1.29 is 5.11 Å². The molecule has 1 unspecified atom stereocenters. The Balaban J connectivity index is 1.46. The Kier molecular flexibility index (Phi) is 4.16. The van der Waals surface area contributed by atoms with Crippen LogP contribution in [-0.2, 0) is 18.4 Å². The van der Waals surface area contributed by atoms with Crippen LogP contribution in [0.1, 0.15) is 48.8 Å². The van der Waals surface area contributed by atoms with E-state index < -0.39 is 0 Å². The van der Waals surface area contributed by atoms with Gasteiger partial charge in [-0.3, -0.25) is 0 Å². The van der Waals surface area contributed by atoms with Gasteiger partial charge < -0.3 is 15.3 Å². The van der Waals surface area contributed by atoms with Gasteiger partial charge in [0.05, 0.1) is 0 Å². The van der Waals surface area contributed by atoms with E-state index in [1.54, 1.807) is 17.2 Å². The molecule has 1 saturated heterocycles. The van der Waals surface area contributed by atoms with Gasteiger partial charge in [-0.05, 0) is 86.1 Å². The molecule has 0 aromatic heterocycles. The van der Waals surface area contributed by atoms with Crippen LogP contribution in [0.15, 0.2) is 42.5 Å². The van der Waals surface area contributed by atoms with Crippen LogP contribution < -0.4 is 5.32 Å². The molecule has 2 N–H and O–H groups in total. The van der Waals surface area contributed by atoms with Crippen LogP contribution in [0.3, 0.4) is 0 Å². The van der Waals surface area contributed by atoms with Crippen molar-refractivity contribution >= 4 is 5.69 Å². The molecule has 2 aromatic rings. The van der Waals surface area contributed by atoms with Crippen LogP contribution in [-0.4, -0.2) is 29.6 Å². The van der Waals surface area contributed by atoms with Gasteiger partial charge >= 0.3 is 0 Å². The third kappa shape index (κ3) is 2.84. The highest BCUT2D eigenvalue weighted by Crippen LogP contribution is 2.55. The molecule has 2 bridgehead atoms. The summed E-state index contributed by atoms with van der Waals surface area (Å²) in [7, 11) is 2.33. The SMILES string of the molecule is CN1CC[C@]23CCCCC2[C@H]1Cc1ccc(NCc2cccc(O)c2)cc13. The van der Waals surface area contributed by atoms with Crippen LogP contribution in [0.2, 0.25) is 0 Å². The molecule has 27 heavy (non-hydrogen) atoms. The molecule has 1 saturated carbocycles. The zero-order valence-electron chi connectivity index (χ0n) is 16.2. The van der Waals surface area contributed by atoms with Crippen LogP contribution >= 0.6 is 0 Å². The van der Waals surface area contributed by atoms with Crippen molar-refractivity contribution in [1.29, 1.82) is 0 Å². The number of aromatic hydroxyl groups is 1. The Morgan fingerprint density at radius 2 is 2.07 bits per heavy atom. The summed E-state index contributed by atoms with van der Waals surface area (Å²) < 4.78 is 0. The van der Waals surface area contributed by atoms with Gasteiger partial charge in [0.2, 0.25) is 0 Å². The first-order chi connectivity index (χ1) is 13.2. The lowest BCUT2D eigenvalue weighted by molar-refractivity contribution is 0.00290. The Bertz CT molecular complexity index is 848. The van der Waals surface area contributed by atoms with Gasteiger partial charge in [-0.15, -0.1) is 0 Å². The van der Waals surface area contributed by atoms with Gasteiger partial charge in [0, 0.05) is 23.7 Å². The Labute approximate surface area is 162 Å². The third-order valence-corrected chi connectivity index (χ3v) is 7.52. The number of likely N-dealkylation sites (tertiary alicyclic amines) is 1. The summed E-state index contributed by atoms with van der Waals surface area (Å²) in [5.74, 6) is 1.17. The summed E-state index contributed by atoms with van der Waals surface area (Å²) in [6.07, 6.45) is 8.08. The van der Waals surface area contributed by atoms with E-state index in [0.717, 1.165) is 24.1 Å². The summed E-state index contributed by atoms with van der Waals surface area (Å²) in [4.78, 5) is 2.63. The van der Waals surface area contributed by atoms with Crippen LogP contribution in [0.25, 0.3) is 0 Å². The number of phenols is 1. The van der Waals surface area contributed by atoms with Gasteiger partial charge in [0.1, 0.15) is 5.75 Å². The predicted molar refractivity (Wildman–Crippen MR) is 110 cm³/mol. The minimum absolute atomic E-state index is 0.334. The number of benzene rings is 2. The number of rotatable bonds is 3. The minimum Gasteiger partial charge on any atom is -0.508 e. The van der Waals surface area contributed by atoms with Gasteiger partial charge in [-0.2, -0.15) is 0 Å². The lowest BCUT2D eigenvalue weighted by atomic mass is 9.52. The molecule has 142 valence electrons. The lowest BCUT2D eigenvalue weighted by Crippen LogP contribution is -2.59. The largest absolute Gasteiger partial charge is 0.508 e. The van der Waals surface area contributed by atoms with E-state index in [9.17, 15) is 5.11 Å². The molecular weight excluding hydrogens is 332 g/mol. The zero-order valence-corrected chi connectivity index (χ0v) is 16.2. The summed E-state index contributed by atoms with van der Waals surface area (Å²) >= 11 is 0. The second kappa shape index (κ2) is 6.56. The molecule has 3 heteroatoms. The first-order valence-corrected chi connectivity index (χ1v) is 10.5. The lowest BCUT2D eigenvalue weighted by Gasteiger charge is -2.58. The van der Waals surface area contributed by atoms with E-state index in [-0.39, 0.29) is 0 Å². The molecule has 1 heterocycles. The van der Waals surface area contributed by atoms with E-state index in [1.807, 2.05) is 12.1 Å². The topological polar surface area (TPSA) is 35.5 Å². The van der Waals surface area contributed by atoms with Crippen molar-refractivity contribution in [2.24, 2.45) is 5.92 Å². The van der Waals surface area contributed by atoms with Crippen molar-refractivity contribution in [3.8, 4) is 5.75 Å². The summed E-state index contributed by atoms with van der Waals surface area (Å²) in [6, 6.07) is 15.3. The highest BCUT2D eigenvalue weighted by atomic mass is 16.3. The standard InChI is InChI=1S/C24H30N2O/c1-26-12-11-24-10-3-2-7-21(24)23(26)14-18-8-9-19(15-22(18)24)25-16-17-5-4-6-20(27)13-17/h4-6,8-9,13,15,21,23,25,27H,2-3,7,10-12,14,16H2,1H3/t21?,23-,24-/m1/s1. The average Bonchev–Trinajstić information content (AvgIpc) is 2.69. The fourth-order valence-corrected chi connectivity index (χ4v) is 6.18. The maximum Gasteiger partial charge on any atom is 0.115 e. The van der Waals surface area contributed by atoms with Gasteiger partial charge in [0.25, 0.3) is 0 Å². The van der Waals surface area contributed by atoms with Crippen molar-refractivity contribution in [2.75, 3.05) is 18.9 Å². The van der Waals surface area contributed by atoms with Crippen LogP contribution in [0.5, 0.6) is 5.75 Å². The van der Waals surface area contributed by atoms with Crippen LogP contribution in [0.4, 0.5) is 5.69 Å². The zero-order chi connectivity index (χ0) is 18.4. The molecule has 3 aliphatic rings. The van der Waals surface area contributed by atoms with Crippen molar-refractivity contribution in [3.05, 3.63) is 59.2 Å². The molecule has 0 radical (unpaired) electrons. The number of phenolic OH excluding ortho intramolecular Hbond substituents is 1. The van der Waals surface area contributed by atoms with E-state index >= 15 is 0 Å². The molecule has 5 rings (SSSR count). The second-order valence-corrected chi connectivity index (χ2v) is 8.91. The number of hydrogen-bond donors (Lipinski definition) is 2. The van der Waals surface area contributed by atoms with Crippen molar-refractivity contribution in [1.82, 2.24) is 4.90 Å².